The minimum absolute atomic E-state index is 0.152. The van der Waals surface area contributed by atoms with Gasteiger partial charge in [0.05, 0.1) is 11.0 Å². The smallest absolute Gasteiger partial charge is 0.307 e. The van der Waals surface area contributed by atoms with Crippen molar-refractivity contribution in [3.63, 3.8) is 0 Å². The van der Waals surface area contributed by atoms with Gasteiger partial charge in [0.25, 0.3) is 0 Å². The van der Waals surface area contributed by atoms with Crippen molar-refractivity contribution >= 4 is 22.8 Å². The molecule has 0 aliphatic rings. The van der Waals surface area contributed by atoms with Crippen LogP contribution in [-0.4, -0.2) is 27.5 Å². The van der Waals surface area contributed by atoms with E-state index in [1.54, 1.807) is 0 Å². The first kappa shape index (κ1) is 14.2. The number of aromatic amines is 2. The molecule has 0 aliphatic carbocycles. The average Bonchev–Trinajstić information content (AvgIpc) is 2.75. The molecule has 0 amide bonds. The van der Waals surface area contributed by atoms with Gasteiger partial charge < -0.3 is 15.3 Å². The molecule has 1 aromatic carbocycles. The Labute approximate surface area is 117 Å². The van der Waals surface area contributed by atoms with Gasteiger partial charge in [0, 0.05) is 17.8 Å². The minimum atomic E-state index is -0.152. The number of hydrogen-bond donors (Lipinski definition) is 3. The Hall–Kier alpha value is -1.20. The molecular formula is C14H21N3OS. The second-order valence-electron chi connectivity index (χ2n) is 4.83. The highest BCUT2D eigenvalue weighted by atomic mass is 32.2. The predicted molar refractivity (Wildman–Crippen MR) is 82.9 cm³/mol. The van der Waals surface area contributed by atoms with E-state index in [0.29, 0.717) is 6.04 Å². The SMILES string of the molecule is CCSCC(C)NC(C)c1ccc2[nH]c(=O)[nH]c2c1. The Morgan fingerprint density at radius 1 is 1.26 bits per heavy atom. The molecule has 0 spiro atoms. The summed E-state index contributed by atoms with van der Waals surface area (Å²) in [5.41, 5.74) is 2.76. The summed E-state index contributed by atoms with van der Waals surface area (Å²) >= 11 is 1.94. The van der Waals surface area contributed by atoms with E-state index in [1.807, 2.05) is 23.9 Å². The second kappa shape index (κ2) is 6.30. The molecular weight excluding hydrogens is 258 g/mol. The molecule has 0 bridgehead atoms. The zero-order valence-electron chi connectivity index (χ0n) is 11.6. The summed E-state index contributed by atoms with van der Waals surface area (Å²) in [5, 5.41) is 3.58. The monoisotopic (exact) mass is 279 g/mol. The summed E-state index contributed by atoms with van der Waals surface area (Å²) in [6.07, 6.45) is 0. The maximum Gasteiger partial charge on any atom is 0.323 e. The third kappa shape index (κ3) is 3.64. The van der Waals surface area contributed by atoms with Crippen molar-refractivity contribution < 1.29 is 0 Å². The van der Waals surface area contributed by atoms with Crippen molar-refractivity contribution in [2.24, 2.45) is 0 Å². The molecule has 0 aliphatic heterocycles. The first-order valence-corrected chi connectivity index (χ1v) is 7.81. The third-order valence-electron chi connectivity index (χ3n) is 3.15. The van der Waals surface area contributed by atoms with Crippen LogP contribution in [0.1, 0.15) is 32.4 Å². The summed E-state index contributed by atoms with van der Waals surface area (Å²) in [7, 11) is 0. The van der Waals surface area contributed by atoms with Crippen LogP contribution in [0.4, 0.5) is 0 Å². The topological polar surface area (TPSA) is 60.7 Å². The first-order valence-electron chi connectivity index (χ1n) is 6.66. The zero-order chi connectivity index (χ0) is 13.8. The number of benzene rings is 1. The third-order valence-corrected chi connectivity index (χ3v) is 4.29. The second-order valence-corrected chi connectivity index (χ2v) is 6.15. The Balaban J connectivity index is 2.08. The zero-order valence-corrected chi connectivity index (χ0v) is 12.4. The van der Waals surface area contributed by atoms with Gasteiger partial charge in [0.1, 0.15) is 0 Å². The fourth-order valence-electron chi connectivity index (χ4n) is 2.19. The Kier molecular flexibility index (Phi) is 4.71. The van der Waals surface area contributed by atoms with Crippen LogP contribution in [0.25, 0.3) is 11.0 Å². The number of thioether (sulfide) groups is 1. The number of nitrogens with one attached hydrogen (secondary N) is 3. The van der Waals surface area contributed by atoms with Gasteiger partial charge >= 0.3 is 5.69 Å². The van der Waals surface area contributed by atoms with Crippen LogP contribution in [0.2, 0.25) is 0 Å². The summed E-state index contributed by atoms with van der Waals surface area (Å²) in [5.74, 6) is 2.26. The van der Waals surface area contributed by atoms with Gasteiger partial charge in [-0.2, -0.15) is 11.8 Å². The molecule has 2 aromatic rings. The van der Waals surface area contributed by atoms with E-state index in [-0.39, 0.29) is 11.7 Å². The molecule has 0 saturated heterocycles. The van der Waals surface area contributed by atoms with Crippen molar-refractivity contribution in [2.75, 3.05) is 11.5 Å². The highest BCUT2D eigenvalue weighted by Gasteiger charge is 2.10. The Morgan fingerprint density at radius 3 is 2.74 bits per heavy atom. The molecule has 2 rings (SSSR count). The van der Waals surface area contributed by atoms with E-state index in [4.69, 9.17) is 0 Å². The average molecular weight is 279 g/mol. The van der Waals surface area contributed by atoms with Gasteiger partial charge in [0.15, 0.2) is 0 Å². The van der Waals surface area contributed by atoms with Crippen LogP contribution in [0.3, 0.4) is 0 Å². The molecule has 0 fully saturated rings. The number of fused-ring (bicyclic) bond motifs is 1. The lowest BCUT2D eigenvalue weighted by Gasteiger charge is -2.20. The Bertz CT molecular complexity index is 590. The predicted octanol–water partition coefficient (Wildman–Crippen LogP) is 2.65. The number of H-pyrrole nitrogens is 2. The van der Waals surface area contributed by atoms with Crippen LogP contribution in [0, 0.1) is 0 Å². The van der Waals surface area contributed by atoms with Crippen LogP contribution in [-0.2, 0) is 0 Å². The minimum Gasteiger partial charge on any atom is -0.307 e. The molecule has 5 heteroatoms. The van der Waals surface area contributed by atoms with E-state index in [9.17, 15) is 4.79 Å². The summed E-state index contributed by atoms with van der Waals surface area (Å²) in [6, 6.07) is 6.79. The van der Waals surface area contributed by atoms with E-state index in [0.717, 1.165) is 22.5 Å². The largest absolute Gasteiger partial charge is 0.323 e. The van der Waals surface area contributed by atoms with Gasteiger partial charge in [0.2, 0.25) is 0 Å². The fourth-order valence-corrected chi connectivity index (χ4v) is 2.87. The normalized spacial score (nSPS) is 14.7. The quantitative estimate of drug-likeness (QED) is 0.762. The highest BCUT2D eigenvalue weighted by Crippen LogP contribution is 2.18. The molecule has 4 nitrogen and oxygen atoms in total. The molecule has 2 atom stereocenters. The number of rotatable bonds is 6. The van der Waals surface area contributed by atoms with Crippen LogP contribution in [0.5, 0.6) is 0 Å². The molecule has 0 radical (unpaired) electrons. The number of imidazole rings is 1. The molecule has 19 heavy (non-hydrogen) atoms. The molecule has 1 heterocycles. The lowest BCUT2D eigenvalue weighted by molar-refractivity contribution is 0.511. The number of hydrogen-bond acceptors (Lipinski definition) is 3. The molecule has 1 aromatic heterocycles. The molecule has 3 N–H and O–H groups in total. The van der Waals surface area contributed by atoms with Gasteiger partial charge in [-0.05, 0) is 37.3 Å². The van der Waals surface area contributed by atoms with Crippen LogP contribution in [0.15, 0.2) is 23.0 Å². The van der Waals surface area contributed by atoms with Gasteiger partial charge in [-0.3, -0.25) is 0 Å². The van der Waals surface area contributed by atoms with E-state index >= 15 is 0 Å². The van der Waals surface area contributed by atoms with E-state index in [1.165, 1.54) is 5.56 Å². The first-order chi connectivity index (χ1) is 9.10. The maximum atomic E-state index is 11.2. The molecule has 104 valence electrons. The van der Waals surface area contributed by atoms with Gasteiger partial charge in [-0.1, -0.05) is 13.0 Å². The van der Waals surface area contributed by atoms with E-state index in [2.05, 4.69) is 42.1 Å². The molecule has 2 unspecified atom stereocenters. The summed E-state index contributed by atoms with van der Waals surface area (Å²) < 4.78 is 0. The summed E-state index contributed by atoms with van der Waals surface area (Å²) in [6.45, 7) is 6.53. The van der Waals surface area contributed by atoms with Crippen molar-refractivity contribution in [3.8, 4) is 0 Å². The van der Waals surface area contributed by atoms with Crippen LogP contribution >= 0.6 is 11.8 Å². The van der Waals surface area contributed by atoms with Gasteiger partial charge in [-0.25, -0.2) is 4.79 Å². The lowest BCUT2D eigenvalue weighted by Crippen LogP contribution is -2.30. The van der Waals surface area contributed by atoms with Crippen molar-refractivity contribution in [1.82, 2.24) is 15.3 Å². The van der Waals surface area contributed by atoms with Crippen molar-refractivity contribution in [2.45, 2.75) is 32.9 Å². The van der Waals surface area contributed by atoms with Crippen LogP contribution < -0.4 is 11.0 Å². The van der Waals surface area contributed by atoms with Crippen molar-refractivity contribution in [1.29, 1.82) is 0 Å². The fraction of sp³-hybridized carbons (Fsp3) is 0.500. The lowest BCUT2D eigenvalue weighted by atomic mass is 10.1. The van der Waals surface area contributed by atoms with Crippen molar-refractivity contribution in [3.05, 3.63) is 34.2 Å². The Morgan fingerprint density at radius 2 is 2.00 bits per heavy atom. The summed E-state index contributed by atoms with van der Waals surface area (Å²) in [4.78, 5) is 16.8. The number of aromatic nitrogens is 2. The molecule has 0 saturated carbocycles. The standard InChI is InChI=1S/C14H21N3OS/c1-4-19-8-9(2)15-10(3)11-5-6-12-13(7-11)17-14(18)16-12/h5-7,9-10,15H,4,8H2,1-3H3,(H2,16,17,18). The highest BCUT2D eigenvalue weighted by molar-refractivity contribution is 7.99. The van der Waals surface area contributed by atoms with E-state index < -0.39 is 0 Å². The van der Waals surface area contributed by atoms with Gasteiger partial charge in [-0.15, -0.1) is 0 Å². The maximum absolute atomic E-state index is 11.2.